The van der Waals surface area contributed by atoms with E-state index in [2.05, 4.69) is 12.6 Å². The van der Waals surface area contributed by atoms with Crippen LogP contribution in [0.2, 0.25) is 0 Å². The summed E-state index contributed by atoms with van der Waals surface area (Å²) in [5.74, 6) is 0.0147. The molecule has 1 fully saturated rings. The number of esters is 1. The Morgan fingerprint density at radius 3 is 2.50 bits per heavy atom. The highest BCUT2D eigenvalue weighted by Gasteiger charge is 2.24. The average Bonchev–Trinajstić information content (AvgIpc) is 2.18. The van der Waals surface area contributed by atoms with Crippen LogP contribution in [0, 0.1) is 5.92 Å². The minimum absolute atomic E-state index is 0.0321. The minimum Gasteiger partial charge on any atom is -0.461 e. The molecule has 0 N–H and O–H groups in total. The Labute approximate surface area is 90.6 Å². The van der Waals surface area contributed by atoms with Crippen LogP contribution in [0.1, 0.15) is 26.7 Å². The van der Waals surface area contributed by atoms with Gasteiger partial charge in [0, 0.05) is 12.8 Å². The molecule has 0 bridgehead atoms. The molecular weight excluding hydrogens is 200 g/mol. The Morgan fingerprint density at radius 2 is 2.00 bits per heavy atom. The zero-order chi connectivity index (χ0) is 10.6. The largest absolute Gasteiger partial charge is 0.461 e. The fraction of sp³-hybridized carbons (Fsp3) is 0.900. The van der Waals surface area contributed by atoms with Crippen LogP contribution in [-0.2, 0) is 14.3 Å². The first-order valence-corrected chi connectivity index (χ1v) is 5.59. The maximum atomic E-state index is 11.5. The summed E-state index contributed by atoms with van der Waals surface area (Å²) in [7, 11) is 0. The van der Waals surface area contributed by atoms with E-state index in [0.717, 1.165) is 12.8 Å². The lowest BCUT2D eigenvalue weighted by molar-refractivity contribution is -0.153. The third-order valence-electron chi connectivity index (χ3n) is 2.32. The highest BCUT2D eigenvalue weighted by atomic mass is 32.1. The molecule has 0 aliphatic carbocycles. The van der Waals surface area contributed by atoms with Crippen LogP contribution in [0.3, 0.4) is 0 Å². The van der Waals surface area contributed by atoms with E-state index in [1.165, 1.54) is 0 Å². The summed E-state index contributed by atoms with van der Waals surface area (Å²) in [5, 5.41) is -0.308. The van der Waals surface area contributed by atoms with Crippen molar-refractivity contribution in [1.82, 2.24) is 0 Å². The van der Waals surface area contributed by atoms with Crippen LogP contribution in [0.25, 0.3) is 0 Å². The molecule has 14 heavy (non-hydrogen) atoms. The third kappa shape index (κ3) is 3.50. The molecule has 1 rings (SSSR count). The van der Waals surface area contributed by atoms with Gasteiger partial charge in [0.15, 0.2) is 0 Å². The molecule has 1 atom stereocenters. The summed E-state index contributed by atoms with van der Waals surface area (Å²) in [6, 6.07) is 0. The Kier molecular flexibility index (Phi) is 4.75. The summed E-state index contributed by atoms with van der Waals surface area (Å²) in [4.78, 5) is 11.5. The summed E-state index contributed by atoms with van der Waals surface area (Å²) < 4.78 is 10.5. The van der Waals surface area contributed by atoms with Gasteiger partial charge in [-0.3, -0.25) is 4.79 Å². The molecule has 0 amide bonds. The lowest BCUT2D eigenvalue weighted by Crippen LogP contribution is -2.31. The second-order valence-electron chi connectivity index (χ2n) is 3.94. The maximum Gasteiger partial charge on any atom is 0.319 e. The van der Waals surface area contributed by atoms with E-state index < -0.39 is 0 Å². The van der Waals surface area contributed by atoms with Crippen LogP contribution in [-0.4, -0.2) is 30.5 Å². The van der Waals surface area contributed by atoms with Gasteiger partial charge in [0.1, 0.15) is 11.4 Å². The number of hydrogen-bond donors (Lipinski definition) is 1. The van der Waals surface area contributed by atoms with Crippen molar-refractivity contribution in [3.05, 3.63) is 0 Å². The van der Waals surface area contributed by atoms with Crippen molar-refractivity contribution >= 4 is 18.6 Å². The van der Waals surface area contributed by atoms with Gasteiger partial charge in [0.2, 0.25) is 0 Å². The van der Waals surface area contributed by atoms with Gasteiger partial charge in [-0.1, -0.05) is 13.8 Å². The van der Waals surface area contributed by atoms with Gasteiger partial charge in [-0.25, -0.2) is 0 Å². The quantitative estimate of drug-likeness (QED) is 0.578. The number of hydrogen-bond acceptors (Lipinski definition) is 4. The average molecular weight is 218 g/mol. The monoisotopic (exact) mass is 218 g/mol. The Bertz CT molecular complexity index is 188. The molecule has 0 saturated carbocycles. The van der Waals surface area contributed by atoms with E-state index in [0.29, 0.717) is 13.2 Å². The molecule has 0 aromatic heterocycles. The van der Waals surface area contributed by atoms with Crippen molar-refractivity contribution in [2.75, 3.05) is 13.2 Å². The first-order valence-electron chi connectivity index (χ1n) is 5.07. The normalized spacial score (nSPS) is 20.9. The zero-order valence-corrected chi connectivity index (χ0v) is 9.63. The van der Waals surface area contributed by atoms with Crippen molar-refractivity contribution in [3.8, 4) is 0 Å². The van der Waals surface area contributed by atoms with Crippen LogP contribution < -0.4 is 0 Å². The molecule has 0 aromatic carbocycles. The lowest BCUT2D eigenvalue weighted by Gasteiger charge is -2.24. The van der Waals surface area contributed by atoms with Crippen molar-refractivity contribution in [1.29, 1.82) is 0 Å². The van der Waals surface area contributed by atoms with E-state index in [-0.39, 0.29) is 23.2 Å². The van der Waals surface area contributed by atoms with Gasteiger partial charge in [-0.05, 0) is 5.92 Å². The van der Waals surface area contributed by atoms with Gasteiger partial charge in [0.05, 0.1) is 13.2 Å². The second kappa shape index (κ2) is 5.61. The molecule has 3 nitrogen and oxygen atoms in total. The highest BCUT2D eigenvalue weighted by Crippen LogP contribution is 2.16. The fourth-order valence-corrected chi connectivity index (χ4v) is 1.36. The molecule has 1 unspecified atom stereocenters. The van der Waals surface area contributed by atoms with Crippen molar-refractivity contribution in [2.24, 2.45) is 5.92 Å². The molecule has 82 valence electrons. The second-order valence-corrected chi connectivity index (χ2v) is 4.49. The maximum absolute atomic E-state index is 11.5. The molecule has 0 radical (unpaired) electrons. The van der Waals surface area contributed by atoms with E-state index in [4.69, 9.17) is 9.47 Å². The summed E-state index contributed by atoms with van der Waals surface area (Å²) in [6.07, 6.45) is 1.65. The predicted octanol–water partition coefficient (Wildman–Crippen LogP) is 1.66. The van der Waals surface area contributed by atoms with E-state index in [1.54, 1.807) is 0 Å². The number of thiol groups is 1. The molecule has 1 heterocycles. The molecule has 0 spiro atoms. The molecule has 1 saturated heterocycles. The smallest absolute Gasteiger partial charge is 0.319 e. The van der Waals surface area contributed by atoms with E-state index in [9.17, 15) is 4.79 Å². The molecule has 0 aromatic rings. The van der Waals surface area contributed by atoms with E-state index >= 15 is 0 Å². The highest BCUT2D eigenvalue weighted by molar-refractivity contribution is 7.81. The fourth-order valence-electron chi connectivity index (χ4n) is 1.30. The topological polar surface area (TPSA) is 35.5 Å². The molecular formula is C10H18O3S. The number of carbonyl (C=O) groups excluding carboxylic acids is 1. The van der Waals surface area contributed by atoms with E-state index in [1.807, 2.05) is 13.8 Å². The van der Waals surface area contributed by atoms with Crippen molar-refractivity contribution < 1.29 is 14.3 Å². The van der Waals surface area contributed by atoms with Crippen LogP contribution in [0.15, 0.2) is 0 Å². The minimum atomic E-state index is -0.308. The van der Waals surface area contributed by atoms with Gasteiger partial charge < -0.3 is 9.47 Å². The molecule has 1 aliphatic heterocycles. The van der Waals surface area contributed by atoms with Gasteiger partial charge in [-0.2, -0.15) is 12.6 Å². The van der Waals surface area contributed by atoms with Crippen molar-refractivity contribution in [2.45, 2.75) is 38.0 Å². The first kappa shape index (κ1) is 11.9. The van der Waals surface area contributed by atoms with Crippen LogP contribution >= 0.6 is 12.6 Å². The molecule has 4 heteroatoms. The third-order valence-corrected chi connectivity index (χ3v) is 3.13. The zero-order valence-electron chi connectivity index (χ0n) is 8.73. The Morgan fingerprint density at radius 1 is 1.43 bits per heavy atom. The predicted molar refractivity (Wildman–Crippen MR) is 57.5 cm³/mol. The molecule has 1 aliphatic rings. The van der Waals surface area contributed by atoms with Crippen LogP contribution in [0.5, 0.6) is 0 Å². The SMILES string of the molecule is CC(C)C(S)C(=O)OC1CCOCC1. The van der Waals surface area contributed by atoms with Gasteiger partial charge in [-0.15, -0.1) is 0 Å². The first-order chi connectivity index (χ1) is 6.61. The number of rotatable bonds is 3. The summed E-state index contributed by atoms with van der Waals surface area (Å²) >= 11 is 4.21. The lowest BCUT2D eigenvalue weighted by atomic mass is 10.1. The number of carbonyl (C=O) groups is 1. The van der Waals surface area contributed by atoms with Crippen molar-refractivity contribution in [3.63, 3.8) is 0 Å². The standard InChI is InChI=1S/C10H18O3S/c1-7(2)9(14)10(11)13-8-3-5-12-6-4-8/h7-9,14H,3-6H2,1-2H3. The van der Waals surface area contributed by atoms with Gasteiger partial charge >= 0.3 is 5.97 Å². The van der Waals surface area contributed by atoms with Crippen LogP contribution in [0.4, 0.5) is 0 Å². The van der Waals surface area contributed by atoms with Gasteiger partial charge in [0.25, 0.3) is 0 Å². The summed E-state index contributed by atoms with van der Waals surface area (Å²) in [5.41, 5.74) is 0. The Hall–Kier alpha value is -0.220. The summed E-state index contributed by atoms with van der Waals surface area (Å²) in [6.45, 7) is 5.31. The Balaban J connectivity index is 2.31. The number of ether oxygens (including phenoxy) is 2.